The first-order valence-electron chi connectivity index (χ1n) is 5.51. The van der Waals surface area contributed by atoms with Crippen LogP contribution in [0, 0.1) is 18.6 Å². The summed E-state index contributed by atoms with van der Waals surface area (Å²) in [7, 11) is 1.74. The molecule has 0 spiro atoms. The molecule has 0 aromatic carbocycles. The molecule has 2 aromatic rings. The maximum absolute atomic E-state index is 12.7. The maximum atomic E-state index is 12.7. The fraction of sp³-hybridized carbons (Fsp3) is 0.400. The van der Waals surface area contributed by atoms with Crippen LogP contribution in [-0.4, -0.2) is 30.9 Å². The van der Waals surface area contributed by atoms with Crippen LogP contribution in [0.4, 0.5) is 13.2 Å². The zero-order chi connectivity index (χ0) is 15.1. The van der Waals surface area contributed by atoms with Gasteiger partial charge in [0.2, 0.25) is 4.77 Å². The molecule has 0 aliphatic carbocycles. The van der Waals surface area contributed by atoms with Crippen molar-refractivity contribution in [3.8, 4) is 0 Å². The summed E-state index contributed by atoms with van der Waals surface area (Å²) in [5, 5.41) is 13.1. The molecular formula is C10H11F3N6S. The Kier molecular flexibility index (Phi) is 3.50. The van der Waals surface area contributed by atoms with Gasteiger partial charge in [-0.1, -0.05) is 0 Å². The Labute approximate surface area is 116 Å². The van der Waals surface area contributed by atoms with Crippen LogP contribution in [0.3, 0.4) is 0 Å². The van der Waals surface area contributed by atoms with Gasteiger partial charge in [-0.3, -0.25) is 4.68 Å². The van der Waals surface area contributed by atoms with Gasteiger partial charge in [0.25, 0.3) is 5.82 Å². The third-order valence-electron chi connectivity index (χ3n) is 2.77. The van der Waals surface area contributed by atoms with Crippen LogP contribution in [0.5, 0.6) is 0 Å². The third-order valence-corrected chi connectivity index (χ3v) is 3.04. The number of aromatic amines is 1. The first-order chi connectivity index (χ1) is 9.21. The van der Waals surface area contributed by atoms with E-state index in [1.165, 1.54) is 6.21 Å². The normalized spacial score (nSPS) is 12.5. The van der Waals surface area contributed by atoms with Crippen molar-refractivity contribution in [1.29, 1.82) is 0 Å². The van der Waals surface area contributed by atoms with Crippen LogP contribution >= 0.6 is 12.2 Å². The first kappa shape index (κ1) is 14.4. The zero-order valence-electron chi connectivity index (χ0n) is 10.9. The second kappa shape index (κ2) is 4.85. The number of aryl methyl sites for hydroxylation is 2. The van der Waals surface area contributed by atoms with Crippen LogP contribution in [0.25, 0.3) is 0 Å². The van der Waals surface area contributed by atoms with E-state index < -0.39 is 12.0 Å². The van der Waals surface area contributed by atoms with E-state index in [4.69, 9.17) is 12.2 Å². The Morgan fingerprint density at radius 2 is 2.00 bits per heavy atom. The zero-order valence-corrected chi connectivity index (χ0v) is 11.7. The molecule has 0 aliphatic heterocycles. The average molecular weight is 304 g/mol. The minimum atomic E-state index is -4.63. The van der Waals surface area contributed by atoms with Gasteiger partial charge >= 0.3 is 6.18 Å². The van der Waals surface area contributed by atoms with Crippen LogP contribution in [0.15, 0.2) is 5.10 Å². The summed E-state index contributed by atoms with van der Waals surface area (Å²) < 4.78 is 40.1. The molecule has 0 radical (unpaired) electrons. The minimum absolute atomic E-state index is 0.229. The number of hydrogen-bond donors (Lipinski definition) is 1. The molecule has 0 unspecified atom stereocenters. The highest BCUT2D eigenvalue weighted by Gasteiger charge is 2.37. The standard InChI is InChI=1S/C10H11F3N6S/c1-5-7(6(2)18(3)17-5)4-14-19-8(10(11,12)13)15-16-9(19)20/h4H,1-3H3,(H,16,20)/b14-4-. The number of halogens is 3. The molecule has 2 aromatic heterocycles. The summed E-state index contributed by atoms with van der Waals surface area (Å²) in [5.74, 6) is -1.20. The number of alkyl halides is 3. The van der Waals surface area contributed by atoms with Crippen molar-refractivity contribution in [2.24, 2.45) is 12.1 Å². The fourth-order valence-electron chi connectivity index (χ4n) is 1.67. The van der Waals surface area contributed by atoms with E-state index in [2.05, 4.69) is 20.4 Å². The molecule has 108 valence electrons. The summed E-state index contributed by atoms with van der Waals surface area (Å²) in [6.07, 6.45) is -3.35. The molecule has 2 rings (SSSR count). The molecule has 0 atom stereocenters. The third kappa shape index (κ3) is 2.50. The minimum Gasteiger partial charge on any atom is -0.272 e. The Morgan fingerprint density at radius 1 is 1.35 bits per heavy atom. The van der Waals surface area contributed by atoms with E-state index in [9.17, 15) is 13.2 Å². The topological polar surface area (TPSA) is 63.8 Å². The Morgan fingerprint density at radius 3 is 2.50 bits per heavy atom. The second-order valence-corrected chi connectivity index (χ2v) is 4.50. The largest absolute Gasteiger partial charge is 0.453 e. The molecular weight excluding hydrogens is 293 g/mol. The lowest BCUT2D eigenvalue weighted by molar-refractivity contribution is -0.147. The van der Waals surface area contributed by atoms with Crippen LogP contribution in [0.2, 0.25) is 0 Å². The summed E-state index contributed by atoms with van der Waals surface area (Å²) >= 11 is 4.74. The summed E-state index contributed by atoms with van der Waals surface area (Å²) in [5.41, 5.74) is 2.09. The van der Waals surface area contributed by atoms with Gasteiger partial charge in [0.05, 0.1) is 11.9 Å². The van der Waals surface area contributed by atoms with Crippen molar-refractivity contribution in [3.05, 3.63) is 27.5 Å². The molecule has 0 fully saturated rings. The lowest BCUT2D eigenvalue weighted by atomic mass is 10.2. The average Bonchev–Trinajstić information content (AvgIpc) is 2.80. The summed E-state index contributed by atoms with van der Waals surface area (Å²) in [6, 6.07) is 0. The highest BCUT2D eigenvalue weighted by atomic mass is 32.1. The van der Waals surface area contributed by atoms with Gasteiger partial charge in [-0.15, -0.1) is 5.10 Å². The number of H-pyrrole nitrogens is 1. The Hall–Kier alpha value is -1.97. The molecule has 0 amide bonds. The van der Waals surface area contributed by atoms with Gasteiger partial charge < -0.3 is 0 Å². The van der Waals surface area contributed by atoms with Crippen LogP contribution < -0.4 is 0 Å². The molecule has 20 heavy (non-hydrogen) atoms. The number of hydrogen-bond acceptors (Lipinski definition) is 4. The highest BCUT2D eigenvalue weighted by Crippen LogP contribution is 2.27. The fourth-order valence-corrected chi connectivity index (χ4v) is 1.85. The predicted octanol–water partition coefficient (Wildman–Crippen LogP) is 2.19. The van der Waals surface area contributed by atoms with E-state index in [1.807, 2.05) is 0 Å². The van der Waals surface area contributed by atoms with Crippen molar-refractivity contribution in [2.75, 3.05) is 0 Å². The van der Waals surface area contributed by atoms with E-state index in [-0.39, 0.29) is 4.77 Å². The van der Waals surface area contributed by atoms with Gasteiger partial charge in [0.1, 0.15) is 0 Å². The molecule has 2 heterocycles. The van der Waals surface area contributed by atoms with E-state index in [0.29, 0.717) is 15.9 Å². The monoisotopic (exact) mass is 304 g/mol. The second-order valence-electron chi connectivity index (χ2n) is 4.11. The Balaban J connectivity index is 2.47. The lowest BCUT2D eigenvalue weighted by Gasteiger charge is -2.03. The molecule has 0 saturated carbocycles. The van der Waals surface area contributed by atoms with E-state index in [0.717, 1.165) is 5.69 Å². The smallest absolute Gasteiger partial charge is 0.272 e. The van der Waals surface area contributed by atoms with Crippen molar-refractivity contribution >= 4 is 18.4 Å². The van der Waals surface area contributed by atoms with E-state index >= 15 is 0 Å². The van der Waals surface area contributed by atoms with Gasteiger partial charge in [0.15, 0.2) is 0 Å². The molecule has 10 heteroatoms. The van der Waals surface area contributed by atoms with Gasteiger partial charge in [-0.2, -0.15) is 28.0 Å². The number of rotatable bonds is 2. The van der Waals surface area contributed by atoms with Gasteiger partial charge in [0, 0.05) is 18.3 Å². The van der Waals surface area contributed by atoms with Crippen molar-refractivity contribution < 1.29 is 13.2 Å². The number of nitrogens with one attached hydrogen (secondary N) is 1. The molecule has 0 saturated heterocycles. The molecule has 0 aliphatic rings. The molecule has 0 bridgehead atoms. The Bertz CT molecular complexity index is 720. The van der Waals surface area contributed by atoms with Crippen LogP contribution in [0.1, 0.15) is 22.8 Å². The van der Waals surface area contributed by atoms with Crippen molar-refractivity contribution in [2.45, 2.75) is 20.0 Å². The lowest BCUT2D eigenvalue weighted by Crippen LogP contribution is -2.13. The molecule has 1 N–H and O–H groups in total. The highest BCUT2D eigenvalue weighted by molar-refractivity contribution is 7.71. The van der Waals surface area contributed by atoms with Gasteiger partial charge in [-0.05, 0) is 26.1 Å². The summed E-state index contributed by atoms with van der Waals surface area (Å²) in [4.78, 5) is 0. The van der Waals surface area contributed by atoms with Gasteiger partial charge in [-0.25, -0.2) is 5.10 Å². The van der Waals surface area contributed by atoms with Crippen molar-refractivity contribution in [1.82, 2.24) is 24.7 Å². The number of aromatic nitrogens is 5. The first-order valence-corrected chi connectivity index (χ1v) is 5.92. The number of nitrogens with zero attached hydrogens (tertiary/aromatic N) is 5. The summed E-state index contributed by atoms with van der Waals surface area (Å²) in [6.45, 7) is 3.54. The van der Waals surface area contributed by atoms with Crippen molar-refractivity contribution in [3.63, 3.8) is 0 Å². The SMILES string of the molecule is Cc1nn(C)c(C)c1/C=N\n1c(C(F)(F)F)n[nH]c1=S. The quantitative estimate of drug-likeness (QED) is 0.683. The van der Waals surface area contributed by atoms with E-state index in [1.54, 1.807) is 25.6 Å². The molecule has 6 nitrogen and oxygen atoms in total. The maximum Gasteiger partial charge on any atom is 0.453 e. The predicted molar refractivity (Wildman–Crippen MR) is 68.1 cm³/mol. The van der Waals surface area contributed by atoms with Crippen LogP contribution in [-0.2, 0) is 13.2 Å².